The van der Waals surface area contributed by atoms with E-state index in [0.717, 1.165) is 0 Å². The number of ketones is 1. The van der Waals surface area contributed by atoms with Crippen molar-refractivity contribution in [2.24, 2.45) is 10.8 Å². The molecular formula is C16H20O7. The molecule has 2 N–H and O–H groups in total. The number of aliphatic hydroxyl groups is 2. The van der Waals surface area contributed by atoms with Gasteiger partial charge >= 0.3 is 0 Å². The molecule has 2 aliphatic carbocycles. The van der Waals surface area contributed by atoms with E-state index in [1.807, 2.05) is 6.92 Å². The molecule has 7 nitrogen and oxygen atoms in total. The maximum absolute atomic E-state index is 12.4. The molecule has 1 saturated carbocycles. The summed E-state index contributed by atoms with van der Waals surface area (Å²) in [5, 5.41) is 21.0. The van der Waals surface area contributed by atoms with Gasteiger partial charge in [0.1, 0.15) is 23.9 Å². The molecule has 2 saturated heterocycles. The van der Waals surface area contributed by atoms with Gasteiger partial charge in [0, 0.05) is 5.41 Å². The zero-order valence-corrected chi connectivity index (χ0v) is 13.0. The zero-order chi connectivity index (χ0) is 16.6. The smallest absolute Gasteiger partial charge is 0.293 e. The Hall–Kier alpha value is -1.28. The maximum Gasteiger partial charge on any atom is 0.293 e. The molecule has 7 atom stereocenters. The fraction of sp³-hybridized carbons (Fsp3) is 0.750. The first-order valence-electron chi connectivity index (χ1n) is 7.78. The van der Waals surface area contributed by atoms with E-state index in [4.69, 9.17) is 14.2 Å². The molecule has 0 aromatic carbocycles. The van der Waals surface area contributed by atoms with E-state index in [-0.39, 0.29) is 0 Å². The van der Waals surface area contributed by atoms with E-state index in [0.29, 0.717) is 25.1 Å². The number of carbonyl (C=O) groups is 2. The van der Waals surface area contributed by atoms with Gasteiger partial charge in [0.05, 0.1) is 24.7 Å². The van der Waals surface area contributed by atoms with Crippen LogP contribution in [0.15, 0.2) is 11.6 Å². The van der Waals surface area contributed by atoms with Crippen LogP contribution in [0.4, 0.5) is 0 Å². The van der Waals surface area contributed by atoms with Crippen LogP contribution in [0.5, 0.6) is 0 Å². The number of ether oxygens (including phenoxy) is 3. The summed E-state index contributed by atoms with van der Waals surface area (Å²) < 4.78 is 17.0. The maximum atomic E-state index is 12.4. The molecule has 2 heterocycles. The summed E-state index contributed by atoms with van der Waals surface area (Å²) >= 11 is 0. The first-order chi connectivity index (χ1) is 10.9. The Bertz CT molecular complexity index is 610. The van der Waals surface area contributed by atoms with Gasteiger partial charge in [0.15, 0.2) is 5.78 Å². The third-order valence-corrected chi connectivity index (χ3v) is 6.64. The van der Waals surface area contributed by atoms with Crippen molar-refractivity contribution in [2.75, 3.05) is 13.2 Å². The molecule has 0 amide bonds. The van der Waals surface area contributed by atoms with Crippen LogP contribution < -0.4 is 0 Å². The van der Waals surface area contributed by atoms with Crippen molar-refractivity contribution >= 4 is 12.3 Å². The van der Waals surface area contributed by atoms with Crippen LogP contribution >= 0.6 is 0 Å². The predicted molar refractivity (Wildman–Crippen MR) is 75.3 cm³/mol. The second-order valence-corrected chi connectivity index (χ2v) is 7.28. The highest BCUT2D eigenvalue weighted by atomic mass is 16.6. The highest BCUT2D eigenvalue weighted by Gasteiger charge is 2.83. The van der Waals surface area contributed by atoms with Crippen LogP contribution in [0, 0.1) is 10.8 Å². The molecule has 2 aliphatic heterocycles. The van der Waals surface area contributed by atoms with Gasteiger partial charge in [-0.3, -0.25) is 9.59 Å². The fourth-order valence-corrected chi connectivity index (χ4v) is 5.18. The summed E-state index contributed by atoms with van der Waals surface area (Å²) in [6.45, 7) is 3.86. The normalized spacial score (nSPS) is 53.7. The predicted octanol–water partition coefficient (Wildman–Crippen LogP) is -0.657. The first-order valence-corrected chi connectivity index (χ1v) is 7.78. The van der Waals surface area contributed by atoms with Crippen LogP contribution in [0.3, 0.4) is 0 Å². The number of hydrogen-bond donors (Lipinski definition) is 2. The van der Waals surface area contributed by atoms with E-state index in [1.54, 1.807) is 13.0 Å². The second-order valence-electron chi connectivity index (χ2n) is 7.28. The minimum atomic E-state index is -1.38. The number of hydrogen-bond acceptors (Lipinski definition) is 7. The fourth-order valence-electron chi connectivity index (χ4n) is 5.18. The Balaban J connectivity index is 1.90. The molecule has 126 valence electrons. The van der Waals surface area contributed by atoms with Crippen molar-refractivity contribution in [3.05, 3.63) is 11.6 Å². The van der Waals surface area contributed by atoms with Crippen LogP contribution in [0.2, 0.25) is 0 Å². The third kappa shape index (κ3) is 1.45. The summed E-state index contributed by atoms with van der Waals surface area (Å²) in [4.78, 5) is 23.2. The monoisotopic (exact) mass is 324 g/mol. The number of rotatable bonds is 3. The highest BCUT2D eigenvalue weighted by molar-refractivity contribution is 6.00. The molecule has 0 unspecified atom stereocenters. The largest absolute Gasteiger partial charge is 0.462 e. The quantitative estimate of drug-likeness (QED) is 0.524. The molecule has 0 radical (unpaired) electrons. The van der Waals surface area contributed by atoms with Crippen LogP contribution in [0.1, 0.15) is 20.3 Å². The zero-order valence-electron chi connectivity index (χ0n) is 13.0. The van der Waals surface area contributed by atoms with Gasteiger partial charge in [-0.1, -0.05) is 6.92 Å². The molecule has 3 fully saturated rings. The topological polar surface area (TPSA) is 106 Å². The summed E-state index contributed by atoms with van der Waals surface area (Å²) in [6.07, 6.45) is -0.980. The lowest BCUT2D eigenvalue weighted by atomic mass is 9.50. The molecule has 4 aliphatic rings. The minimum absolute atomic E-state index is 0.366. The van der Waals surface area contributed by atoms with Gasteiger partial charge in [-0.15, -0.1) is 0 Å². The molecule has 1 spiro atoms. The van der Waals surface area contributed by atoms with Crippen molar-refractivity contribution in [1.29, 1.82) is 0 Å². The van der Waals surface area contributed by atoms with E-state index in [9.17, 15) is 19.8 Å². The highest BCUT2D eigenvalue weighted by Crippen LogP contribution is 2.71. The summed E-state index contributed by atoms with van der Waals surface area (Å²) in [6, 6.07) is 0. The molecule has 4 rings (SSSR count). The van der Waals surface area contributed by atoms with Crippen LogP contribution in [0.25, 0.3) is 0 Å². The van der Waals surface area contributed by atoms with Crippen molar-refractivity contribution in [3.8, 4) is 0 Å². The van der Waals surface area contributed by atoms with Crippen molar-refractivity contribution in [1.82, 2.24) is 0 Å². The molecular weight excluding hydrogens is 304 g/mol. The summed E-state index contributed by atoms with van der Waals surface area (Å²) in [5.41, 5.74) is -2.28. The average Bonchev–Trinajstić information content (AvgIpc) is 3.28. The van der Waals surface area contributed by atoms with Crippen LogP contribution in [-0.4, -0.2) is 65.7 Å². The van der Waals surface area contributed by atoms with E-state index >= 15 is 0 Å². The summed E-state index contributed by atoms with van der Waals surface area (Å²) in [7, 11) is 0. The lowest BCUT2D eigenvalue weighted by Crippen LogP contribution is -2.70. The van der Waals surface area contributed by atoms with Crippen molar-refractivity contribution < 1.29 is 34.0 Å². The van der Waals surface area contributed by atoms with Gasteiger partial charge in [-0.05, 0) is 25.0 Å². The Morgan fingerprint density at radius 2 is 2.22 bits per heavy atom. The molecule has 7 heteroatoms. The van der Waals surface area contributed by atoms with E-state index in [2.05, 4.69) is 0 Å². The van der Waals surface area contributed by atoms with E-state index < -0.39 is 53.2 Å². The van der Waals surface area contributed by atoms with Gasteiger partial charge in [-0.25, -0.2) is 0 Å². The lowest BCUT2D eigenvalue weighted by molar-refractivity contribution is -0.244. The summed E-state index contributed by atoms with van der Waals surface area (Å²) in [5.74, 6) is -0.408. The van der Waals surface area contributed by atoms with Crippen molar-refractivity contribution in [3.63, 3.8) is 0 Å². The Kier molecular flexibility index (Phi) is 2.93. The van der Waals surface area contributed by atoms with Gasteiger partial charge < -0.3 is 24.4 Å². The molecule has 0 aromatic heterocycles. The lowest BCUT2D eigenvalue weighted by Gasteiger charge is -2.58. The van der Waals surface area contributed by atoms with Crippen LogP contribution in [-0.2, 0) is 23.8 Å². The number of epoxide rings is 1. The minimum Gasteiger partial charge on any atom is -0.462 e. The third-order valence-electron chi connectivity index (χ3n) is 6.64. The number of fused-ring (bicyclic) bond motifs is 2. The average molecular weight is 324 g/mol. The van der Waals surface area contributed by atoms with Gasteiger partial charge in [0.25, 0.3) is 6.47 Å². The number of Topliss-reactive ketones (excluding diaryl/α,β-unsaturated/α-hetero) is 1. The SMILES string of the molecule is CC1=C[C@H]2O[C@@H]3[C@H](OC=O)C[C@](C)([C@@]2(CO)[C@H](O)C1=O)[C@]31CO1. The molecule has 23 heavy (non-hydrogen) atoms. The molecule has 0 aromatic rings. The number of aliphatic hydroxyl groups excluding tert-OH is 2. The Morgan fingerprint density at radius 1 is 1.52 bits per heavy atom. The molecule has 2 bridgehead atoms. The van der Waals surface area contributed by atoms with Gasteiger partial charge in [0.2, 0.25) is 0 Å². The first kappa shape index (κ1) is 15.3. The van der Waals surface area contributed by atoms with Crippen molar-refractivity contribution in [2.45, 2.75) is 50.3 Å². The van der Waals surface area contributed by atoms with E-state index in [1.165, 1.54) is 0 Å². The Morgan fingerprint density at radius 3 is 2.78 bits per heavy atom. The number of carbonyl (C=O) groups excluding carboxylic acids is 2. The Labute approximate surface area is 133 Å². The van der Waals surface area contributed by atoms with Gasteiger partial charge in [-0.2, -0.15) is 0 Å². The second kappa shape index (κ2) is 4.42. The standard InChI is InChI=1S/C16H20O7/c1-8-3-10-15(5-17,12(20)11(8)19)14(2)4-9(21-7-18)13(23-10)16(14)6-22-16/h3,7,9-10,12-13,17,20H,4-6H2,1-2H3/t9-,10-,12-,13-,14-,15-,16+/m1/s1.